The second-order valence-corrected chi connectivity index (χ2v) is 5.83. The van der Waals surface area contributed by atoms with Gasteiger partial charge in [0.2, 0.25) is 5.88 Å². The molecule has 2 aromatic heterocycles. The van der Waals surface area contributed by atoms with E-state index >= 15 is 0 Å². The Kier molecular flexibility index (Phi) is 4.92. The van der Waals surface area contributed by atoms with Gasteiger partial charge in [-0.2, -0.15) is 0 Å². The number of nitrogen functional groups attached to an aromatic ring is 1. The lowest BCUT2D eigenvalue weighted by Gasteiger charge is -2.09. The number of benzene rings is 1. The monoisotopic (exact) mass is 355 g/mol. The summed E-state index contributed by atoms with van der Waals surface area (Å²) < 4.78 is 18.5. The van der Waals surface area contributed by atoms with Gasteiger partial charge in [0.25, 0.3) is 5.91 Å². The Bertz CT molecular complexity index is 977. The van der Waals surface area contributed by atoms with Gasteiger partial charge in [-0.1, -0.05) is 18.2 Å². The smallest absolute Gasteiger partial charge is 0.271 e. The average Bonchev–Trinajstić information content (AvgIpc) is 2.62. The largest absolute Gasteiger partial charge is 0.479 e. The first kappa shape index (κ1) is 17.5. The molecule has 0 bridgehead atoms. The molecule has 0 saturated carbocycles. The highest BCUT2D eigenvalue weighted by Gasteiger charge is 2.14. The van der Waals surface area contributed by atoms with Crippen LogP contribution in [0.25, 0.3) is 10.9 Å². The van der Waals surface area contributed by atoms with Crippen LogP contribution >= 0.6 is 0 Å². The molecule has 0 spiro atoms. The molecule has 3 aromatic rings. The van der Waals surface area contributed by atoms with Crippen LogP contribution in [-0.4, -0.2) is 28.2 Å². The molecule has 0 radical (unpaired) electrons. The highest BCUT2D eigenvalue weighted by atomic mass is 19.1. The number of pyridine rings is 1. The van der Waals surface area contributed by atoms with Gasteiger partial charge in [-0.3, -0.25) is 4.79 Å². The van der Waals surface area contributed by atoms with Crippen LogP contribution in [0.4, 0.5) is 10.1 Å². The Morgan fingerprint density at radius 3 is 2.77 bits per heavy atom. The predicted molar refractivity (Wildman–Crippen MR) is 95.2 cm³/mol. The molecule has 0 fully saturated rings. The molecule has 2 heterocycles. The summed E-state index contributed by atoms with van der Waals surface area (Å²) >= 11 is 0. The number of fused-ring (bicyclic) bond motifs is 1. The molecule has 134 valence electrons. The Labute approximate surface area is 149 Å². The fourth-order valence-electron chi connectivity index (χ4n) is 2.83. The summed E-state index contributed by atoms with van der Waals surface area (Å²) in [6.07, 6.45) is 3.69. The number of anilines is 1. The molecule has 7 nitrogen and oxygen atoms in total. The van der Waals surface area contributed by atoms with E-state index in [1.165, 1.54) is 13.2 Å². The number of aryl methyl sites for hydroxylation is 2. The number of halogens is 1. The fraction of sp³-hybridized carbons (Fsp3) is 0.222. The number of carbonyl (C=O) groups is 1. The van der Waals surface area contributed by atoms with Crippen molar-refractivity contribution in [2.75, 3.05) is 12.8 Å². The van der Waals surface area contributed by atoms with E-state index in [0.29, 0.717) is 23.7 Å². The molecule has 0 saturated heterocycles. The Morgan fingerprint density at radius 2 is 2.08 bits per heavy atom. The highest BCUT2D eigenvalue weighted by molar-refractivity contribution is 6.04. The lowest BCUT2D eigenvalue weighted by atomic mass is 10.0. The van der Waals surface area contributed by atoms with E-state index in [2.05, 4.69) is 15.2 Å². The Hall–Kier alpha value is -3.29. The van der Waals surface area contributed by atoms with Crippen LogP contribution in [0.5, 0.6) is 5.88 Å². The molecule has 26 heavy (non-hydrogen) atoms. The molecule has 0 aliphatic heterocycles. The van der Waals surface area contributed by atoms with Crippen molar-refractivity contribution < 1.29 is 13.9 Å². The Morgan fingerprint density at radius 1 is 1.27 bits per heavy atom. The van der Waals surface area contributed by atoms with Crippen LogP contribution in [0.1, 0.15) is 28.0 Å². The first-order valence-corrected chi connectivity index (χ1v) is 8.03. The van der Waals surface area contributed by atoms with Gasteiger partial charge in [0.05, 0.1) is 18.3 Å². The van der Waals surface area contributed by atoms with Crippen molar-refractivity contribution in [1.29, 1.82) is 0 Å². The van der Waals surface area contributed by atoms with Crippen molar-refractivity contribution in [3.05, 3.63) is 53.1 Å². The summed E-state index contributed by atoms with van der Waals surface area (Å²) in [5.41, 5.74) is 13.8. The molecule has 1 amide bonds. The summed E-state index contributed by atoms with van der Waals surface area (Å²) in [4.78, 5) is 15.3. The number of amides is 1. The van der Waals surface area contributed by atoms with E-state index < -0.39 is 11.7 Å². The van der Waals surface area contributed by atoms with Crippen molar-refractivity contribution in [2.45, 2.75) is 19.3 Å². The van der Waals surface area contributed by atoms with Crippen molar-refractivity contribution in [1.82, 2.24) is 15.2 Å². The lowest BCUT2D eigenvalue weighted by Crippen LogP contribution is -2.17. The summed E-state index contributed by atoms with van der Waals surface area (Å²) in [6.45, 7) is 0. The number of hydrogen-bond acceptors (Lipinski definition) is 6. The third-order valence-corrected chi connectivity index (χ3v) is 4.12. The average molecular weight is 355 g/mol. The molecule has 0 aliphatic rings. The minimum Gasteiger partial charge on any atom is -0.479 e. The molecular weight excluding hydrogens is 337 g/mol. The lowest BCUT2D eigenvalue weighted by molar-refractivity contribution is 0.0996. The van der Waals surface area contributed by atoms with Gasteiger partial charge < -0.3 is 16.2 Å². The first-order valence-electron chi connectivity index (χ1n) is 8.03. The number of nitrogens with zero attached hydrogens (tertiary/aromatic N) is 3. The molecule has 3 rings (SSSR count). The summed E-state index contributed by atoms with van der Waals surface area (Å²) in [6, 6.07) is 6.96. The van der Waals surface area contributed by atoms with Gasteiger partial charge in [0.1, 0.15) is 0 Å². The molecule has 4 N–H and O–H groups in total. The minimum absolute atomic E-state index is 0.0150. The minimum atomic E-state index is -0.712. The van der Waals surface area contributed by atoms with E-state index in [0.717, 1.165) is 17.5 Å². The number of primary amides is 1. The zero-order chi connectivity index (χ0) is 18.7. The second-order valence-electron chi connectivity index (χ2n) is 5.83. The predicted octanol–water partition coefficient (Wildman–Crippen LogP) is 2.03. The van der Waals surface area contributed by atoms with Crippen molar-refractivity contribution in [2.24, 2.45) is 5.73 Å². The maximum absolute atomic E-state index is 13.7. The molecule has 8 heteroatoms. The van der Waals surface area contributed by atoms with E-state index in [4.69, 9.17) is 16.2 Å². The van der Waals surface area contributed by atoms with E-state index in [9.17, 15) is 9.18 Å². The SMILES string of the molecule is COc1ncc(CCCc2cccc3c(N)c(C(N)=O)nnc23)cc1F. The van der Waals surface area contributed by atoms with Gasteiger partial charge in [-0.15, -0.1) is 10.2 Å². The van der Waals surface area contributed by atoms with Crippen molar-refractivity contribution in [3.63, 3.8) is 0 Å². The maximum atomic E-state index is 13.7. The van der Waals surface area contributed by atoms with Gasteiger partial charge in [-0.05, 0) is 36.5 Å². The highest BCUT2D eigenvalue weighted by Crippen LogP contribution is 2.25. The van der Waals surface area contributed by atoms with Crippen LogP contribution < -0.4 is 16.2 Å². The number of carbonyl (C=O) groups excluding carboxylic acids is 1. The zero-order valence-corrected chi connectivity index (χ0v) is 14.2. The summed E-state index contributed by atoms with van der Waals surface area (Å²) in [7, 11) is 1.38. The first-order chi connectivity index (χ1) is 12.5. The third-order valence-electron chi connectivity index (χ3n) is 4.12. The molecule has 0 unspecified atom stereocenters. The fourth-order valence-corrected chi connectivity index (χ4v) is 2.83. The number of rotatable bonds is 6. The second kappa shape index (κ2) is 7.30. The van der Waals surface area contributed by atoms with Gasteiger partial charge >= 0.3 is 0 Å². The number of hydrogen-bond donors (Lipinski definition) is 2. The normalized spacial score (nSPS) is 10.8. The van der Waals surface area contributed by atoms with E-state index in [1.54, 1.807) is 12.3 Å². The summed E-state index contributed by atoms with van der Waals surface area (Å²) in [5, 5.41) is 8.59. The summed E-state index contributed by atoms with van der Waals surface area (Å²) in [5.74, 6) is -1.21. The molecule has 0 aliphatic carbocycles. The molecule has 0 atom stereocenters. The topological polar surface area (TPSA) is 117 Å². The third kappa shape index (κ3) is 3.39. The van der Waals surface area contributed by atoms with Crippen LogP contribution in [0.2, 0.25) is 0 Å². The van der Waals surface area contributed by atoms with Crippen molar-refractivity contribution in [3.8, 4) is 5.88 Å². The Balaban J connectivity index is 1.78. The van der Waals surface area contributed by atoms with Crippen LogP contribution in [0.3, 0.4) is 0 Å². The van der Waals surface area contributed by atoms with Gasteiger partial charge in [0, 0.05) is 11.6 Å². The number of ether oxygens (including phenoxy) is 1. The number of nitrogens with two attached hydrogens (primary N) is 2. The standard InChI is InChI=1S/C18H18FN5O2/c1-26-18-13(19)8-10(9-22-18)4-2-5-11-6-3-7-12-14(20)16(17(21)25)24-23-15(11)12/h3,6-9H,2,4-5H2,1H3,(H2,20,23)(H2,21,25). The number of aromatic nitrogens is 3. The van der Waals surface area contributed by atoms with Gasteiger partial charge in [0.15, 0.2) is 11.5 Å². The quantitative estimate of drug-likeness (QED) is 0.699. The number of methoxy groups -OCH3 is 1. The van der Waals surface area contributed by atoms with Crippen LogP contribution in [0, 0.1) is 5.82 Å². The van der Waals surface area contributed by atoms with E-state index in [-0.39, 0.29) is 17.3 Å². The van der Waals surface area contributed by atoms with Crippen LogP contribution in [0.15, 0.2) is 30.5 Å². The maximum Gasteiger partial charge on any atom is 0.271 e. The zero-order valence-electron chi connectivity index (χ0n) is 14.2. The van der Waals surface area contributed by atoms with E-state index in [1.807, 2.05) is 12.1 Å². The van der Waals surface area contributed by atoms with Crippen molar-refractivity contribution >= 4 is 22.5 Å². The molecular formula is C18H18FN5O2. The molecule has 1 aromatic carbocycles. The van der Waals surface area contributed by atoms with Gasteiger partial charge in [-0.25, -0.2) is 9.37 Å². The van der Waals surface area contributed by atoms with Crippen LogP contribution in [-0.2, 0) is 12.8 Å².